The number of hydrogen-bond donors (Lipinski definition) is 1. The number of para-hydroxylation sites is 1. The van der Waals surface area contributed by atoms with E-state index in [1.165, 1.54) is 43.4 Å². The molecule has 2 amide bonds. The lowest BCUT2D eigenvalue weighted by molar-refractivity contribution is -0.139. The van der Waals surface area contributed by atoms with Gasteiger partial charge in [0.1, 0.15) is 12.6 Å². The van der Waals surface area contributed by atoms with Gasteiger partial charge in [-0.2, -0.15) is 0 Å². The fraction of sp³-hybridized carbons (Fsp3) is 0.286. The third-order valence-corrected chi connectivity index (χ3v) is 8.50. The molecule has 1 unspecified atom stereocenters. The van der Waals surface area contributed by atoms with Gasteiger partial charge < -0.3 is 19.7 Å². The van der Waals surface area contributed by atoms with Gasteiger partial charge in [0.05, 0.1) is 24.8 Å². The monoisotopic (exact) mass is 607 g/mol. The number of ether oxygens (including phenoxy) is 2. The molecule has 3 aromatic rings. The Morgan fingerprint density at radius 2 is 1.62 bits per heavy atom. The van der Waals surface area contributed by atoms with Crippen molar-refractivity contribution in [1.82, 2.24) is 10.2 Å². The smallest absolute Gasteiger partial charge is 0.264 e. The Kier molecular flexibility index (Phi) is 10.7. The number of nitrogens with one attached hydrogen (secondary N) is 1. The first-order valence-electron chi connectivity index (χ1n) is 12.3. The standard InChI is InChI=1S/C28H31Cl2N3O6S/c1-5-31-28(35)19(2)32(17-20-11-12-21(29)15-24(20)30)27(34)18-33(22-9-7-6-8-10-22)40(36,37)23-13-14-25(38-3)26(16-23)39-4/h6-16,19H,5,17-18H2,1-4H3,(H,31,35). The van der Waals surface area contributed by atoms with Crippen LogP contribution >= 0.6 is 23.2 Å². The zero-order valence-corrected chi connectivity index (χ0v) is 24.9. The van der Waals surface area contributed by atoms with Crippen LogP contribution in [0, 0.1) is 0 Å². The molecule has 0 aliphatic heterocycles. The molecule has 0 aliphatic carbocycles. The minimum atomic E-state index is -4.28. The molecule has 12 heteroatoms. The Bertz CT molecular complexity index is 1450. The van der Waals surface area contributed by atoms with E-state index in [9.17, 15) is 18.0 Å². The number of anilines is 1. The van der Waals surface area contributed by atoms with Crippen LogP contribution in [0.25, 0.3) is 0 Å². The minimum Gasteiger partial charge on any atom is -0.493 e. The molecule has 1 atom stereocenters. The predicted molar refractivity (Wildman–Crippen MR) is 156 cm³/mol. The van der Waals surface area contributed by atoms with Gasteiger partial charge in [0.25, 0.3) is 10.0 Å². The molecule has 1 N–H and O–H groups in total. The maximum Gasteiger partial charge on any atom is 0.264 e. The molecule has 0 saturated heterocycles. The van der Waals surface area contributed by atoms with Crippen LogP contribution in [0.2, 0.25) is 10.0 Å². The summed E-state index contributed by atoms with van der Waals surface area (Å²) >= 11 is 12.4. The Morgan fingerprint density at radius 1 is 0.950 bits per heavy atom. The molecule has 0 bridgehead atoms. The Labute approximate surface area is 244 Å². The zero-order chi connectivity index (χ0) is 29.4. The summed E-state index contributed by atoms with van der Waals surface area (Å²) in [7, 11) is -1.44. The molecule has 214 valence electrons. The molecule has 0 aromatic heterocycles. The number of hydrogen-bond acceptors (Lipinski definition) is 6. The van der Waals surface area contributed by atoms with E-state index in [0.29, 0.717) is 27.9 Å². The number of sulfonamides is 1. The average molecular weight is 609 g/mol. The van der Waals surface area contributed by atoms with Crippen molar-refractivity contribution in [3.63, 3.8) is 0 Å². The lowest BCUT2D eigenvalue weighted by atomic mass is 10.1. The highest BCUT2D eigenvalue weighted by atomic mass is 35.5. The lowest BCUT2D eigenvalue weighted by Gasteiger charge is -2.32. The van der Waals surface area contributed by atoms with Crippen molar-refractivity contribution < 1.29 is 27.5 Å². The molecule has 0 fully saturated rings. The first-order valence-corrected chi connectivity index (χ1v) is 14.5. The van der Waals surface area contributed by atoms with E-state index in [0.717, 1.165) is 4.31 Å². The van der Waals surface area contributed by atoms with E-state index in [4.69, 9.17) is 32.7 Å². The number of halogens is 2. The normalized spacial score (nSPS) is 11.8. The second kappa shape index (κ2) is 13.7. The van der Waals surface area contributed by atoms with Crippen molar-refractivity contribution in [2.75, 3.05) is 31.6 Å². The largest absolute Gasteiger partial charge is 0.493 e. The van der Waals surface area contributed by atoms with Crippen molar-refractivity contribution in [2.45, 2.75) is 31.3 Å². The third kappa shape index (κ3) is 7.18. The number of likely N-dealkylation sites (N-methyl/N-ethyl adjacent to an activating group) is 1. The average Bonchev–Trinajstić information content (AvgIpc) is 2.95. The van der Waals surface area contributed by atoms with Crippen LogP contribution < -0.4 is 19.1 Å². The second-order valence-corrected chi connectivity index (χ2v) is 11.4. The topological polar surface area (TPSA) is 105 Å². The molecule has 0 saturated carbocycles. The molecular weight excluding hydrogens is 577 g/mol. The minimum absolute atomic E-state index is 0.0494. The highest BCUT2D eigenvalue weighted by Gasteiger charge is 2.33. The number of nitrogens with zero attached hydrogens (tertiary/aromatic N) is 2. The van der Waals surface area contributed by atoms with Crippen LogP contribution in [0.15, 0.2) is 71.6 Å². The van der Waals surface area contributed by atoms with Crippen molar-refractivity contribution in [2.24, 2.45) is 0 Å². The summed E-state index contributed by atoms with van der Waals surface area (Å²) in [6.45, 7) is 3.06. The van der Waals surface area contributed by atoms with Gasteiger partial charge >= 0.3 is 0 Å². The molecule has 3 rings (SSSR count). The van der Waals surface area contributed by atoms with Gasteiger partial charge in [0.2, 0.25) is 11.8 Å². The van der Waals surface area contributed by atoms with Gasteiger partial charge in [-0.05, 0) is 55.8 Å². The van der Waals surface area contributed by atoms with E-state index >= 15 is 0 Å². The van der Waals surface area contributed by atoms with E-state index in [2.05, 4.69) is 5.32 Å². The number of carbonyl (C=O) groups excluding carboxylic acids is 2. The van der Waals surface area contributed by atoms with E-state index in [1.54, 1.807) is 56.3 Å². The summed E-state index contributed by atoms with van der Waals surface area (Å²) in [5.41, 5.74) is 0.811. The number of benzene rings is 3. The van der Waals surface area contributed by atoms with Crippen LogP contribution in [0.4, 0.5) is 5.69 Å². The number of carbonyl (C=O) groups is 2. The maximum atomic E-state index is 14.0. The summed E-state index contributed by atoms with van der Waals surface area (Å²) in [5, 5.41) is 3.44. The van der Waals surface area contributed by atoms with Crippen LogP contribution in [0.5, 0.6) is 11.5 Å². The van der Waals surface area contributed by atoms with Crippen molar-refractivity contribution in [3.05, 3.63) is 82.3 Å². The Balaban J connectivity index is 2.06. The highest BCUT2D eigenvalue weighted by Crippen LogP contribution is 2.32. The van der Waals surface area contributed by atoms with E-state index in [1.807, 2.05) is 0 Å². The number of amides is 2. The van der Waals surface area contributed by atoms with Crippen LogP contribution in [-0.4, -0.2) is 58.5 Å². The van der Waals surface area contributed by atoms with E-state index < -0.39 is 34.4 Å². The van der Waals surface area contributed by atoms with Crippen LogP contribution in [0.1, 0.15) is 19.4 Å². The van der Waals surface area contributed by atoms with Crippen molar-refractivity contribution >= 4 is 50.7 Å². The number of rotatable bonds is 12. The first-order chi connectivity index (χ1) is 19.0. The summed E-state index contributed by atoms with van der Waals surface area (Å²) in [5.74, 6) is -0.440. The van der Waals surface area contributed by atoms with Crippen LogP contribution in [-0.2, 0) is 26.2 Å². The summed E-state index contributed by atoms with van der Waals surface area (Å²) in [6, 6.07) is 16.3. The van der Waals surface area contributed by atoms with Gasteiger partial charge in [-0.3, -0.25) is 13.9 Å². The van der Waals surface area contributed by atoms with Gasteiger partial charge in [0.15, 0.2) is 11.5 Å². The second-order valence-electron chi connectivity index (χ2n) is 8.69. The lowest BCUT2D eigenvalue weighted by Crippen LogP contribution is -2.51. The molecule has 40 heavy (non-hydrogen) atoms. The maximum absolute atomic E-state index is 14.0. The van der Waals surface area contributed by atoms with Gasteiger partial charge in [-0.25, -0.2) is 8.42 Å². The molecule has 0 heterocycles. The Hall–Kier alpha value is -3.47. The Morgan fingerprint density at radius 3 is 2.23 bits per heavy atom. The van der Waals surface area contributed by atoms with Gasteiger partial charge in [-0.15, -0.1) is 0 Å². The quantitative estimate of drug-likeness (QED) is 0.318. The van der Waals surface area contributed by atoms with Crippen molar-refractivity contribution in [1.29, 1.82) is 0 Å². The van der Waals surface area contributed by atoms with Crippen LogP contribution in [0.3, 0.4) is 0 Å². The fourth-order valence-corrected chi connectivity index (χ4v) is 5.86. The molecule has 0 spiro atoms. The SMILES string of the molecule is CCNC(=O)C(C)N(Cc1ccc(Cl)cc1Cl)C(=O)CN(c1ccccc1)S(=O)(=O)c1ccc(OC)c(OC)c1. The summed E-state index contributed by atoms with van der Waals surface area (Å²) < 4.78 is 39.4. The molecular formula is C28H31Cl2N3O6S. The molecule has 0 radical (unpaired) electrons. The fourth-order valence-electron chi connectivity index (χ4n) is 3.97. The molecule has 0 aliphatic rings. The predicted octanol–water partition coefficient (Wildman–Crippen LogP) is 4.76. The first kappa shape index (κ1) is 31.1. The van der Waals surface area contributed by atoms with Gasteiger partial charge in [0, 0.05) is 29.2 Å². The summed E-state index contributed by atoms with van der Waals surface area (Å²) in [4.78, 5) is 27.9. The molecule has 9 nitrogen and oxygen atoms in total. The third-order valence-electron chi connectivity index (χ3n) is 6.14. The van der Waals surface area contributed by atoms with E-state index in [-0.39, 0.29) is 22.9 Å². The molecule has 3 aromatic carbocycles. The summed E-state index contributed by atoms with van der Waals surface area (Å²) in [6.07, 6.45) is 0. The highest BCUT2D eigenvalue weighted by molar-refractivity contribution is 7.92. The van der Waals surface area contributed by atoms with Gasteiger partial charge in [-0.1, -0.05) is 47.5 Å². The van der Waals surface area contributed by atoms with Crippen molar-refractivity contribution in [3.8, 4) is 11.5 Å². The zero-order valence-electron chi connectivity index (χ0n) is 22.6. The number of methoxy groups -OCH3 is 2.